The molecule has 3 rings (SSSR count). The molecule has 0 aromatic carbocycles. The number of carbonyl (C=O) groups excluding carboxylic acids is 1. The van der Waals surface area contributed by atoms with Crippen LogP contribution in [0, 0.1) is 0 Å². The summed E-state index contributed by atoms with van der Waals surface area (Å²) in [6.45, 7) is 3.58. The Bertz CT molecular complexity index is 498. The van der Waals surface area contributed by atoms with Crippen LogP contribution in [0.1, 0.15) is 25.7 Å². The van der Waals surface area contributed by atoms with Crippen LogP contribution in [0.25, 0.3) is 0 Å². The lowest BCUT2D eigenvalue weighted by Crippen LogP contribution is -2.38. The molecule has 2 fully saturated rings. The molecule has 6 nitrogen and oxygen atoms in total. The van der Waals surface area contributed by atoms with Gasteiger partial charge in [0.1, 0.15) is 11.0 Å². The number of halogens is 1. The van der Waals surface area contributed by atoms with Crippen molar-refractivity contribution >= 4 is 29.8 Å². The number of anilines is 2. The molecule has 0 radical (unpaired) electrons. The zero-order valence-electron chi connectivity index (χ0n) is 12.0. The first-order valence-corrected chi connectivity index (χ1v) is 7.88. The van der Waals surface area contributed by atoms with Gasteiger partial charge in [-0.05, 0) is 25.7 Å². The Labute approximate surface area is 129 Å². The number of nitrogens with zero attached hydrogens (tertiary/aromatic N) is 4. The Hall–Kier alpha value is -1.56. The maximum Gasteiger partial charge on any atom is 0.228 e. The van der Waals surface area contributed by atoms with Crippen LogP contribution in [0.2, 0.25) is 5.15 Å². The molecule has 3 heterocycles. The molecule has 1 N–H and O–H groups in total. The van der Waals surface area contributed by atoms with E-state index >= 15 is 0 Å². The van der Waals surface area contributed by atoms with Crippen molar-refractivity contribution in [3.63, 3.8) is 0 Å². The van der Waals surface area contributed by atoms with Crippen LogP contribution in [0.5, 0.6) is 0 Å². The number of aromatic nitrogens is 2. The highest BCUT2D eigenvalue weighted by Crippen LogP contribution is 2.22. The van der Waals surface area contributed by atoms with E-state index in [0.29, 0.717) is 17.1 Å². The maximum atomic E-state index is 10.7. The summed E-state index contributed by atoms with van der Waals surface area (Å²) >= 11 is 6.12. The van der Waals surface area contributed by atoms with Crippen molar-refractivity contribution in [2.45, 2.75) is 31.7 Å². The third kappa shape index (κ3) is 3.56. The summed E-state index contributed by atoms with van der Waals surface area (Å²) in [5.74, 6) is 1.49. The molecule has 1 amide bonds. The minimum absolute atomic E-state index is 0.332. The predicted octanol–water partition coefficient (Wildman–Crippen LogP) is 1.76. The van der Waals surface area contributed by atoms with Crippen molar-refractivity contribution < 1.29 is 4.79 Å². The molecule has 114 valence electrons. The van der Waals surface area contributed by atoms with Crippen LogP contribution in [-0.4, -0.2) is 53.5 Å². The smallest absolute Gasteiger partial charge is 0.228 e. The zero-order chi connectivity index (χ0) is 14.7. The monoisotopic (exact) mass is 309 g/mol. The van der Waals surface area contributed by atoms with Gasteiger partial charge in [0.15, 0.2) is 0 Å². The largest absolute Gasteiger partial charge is 0.367 e. The van der Waals surface area contributed by atoms with Crippen LogP contribution in [0.3, 0.4) is 0 Å². The molecule has 0 bridgehead atoms. The third-order valence-corrected chi connectivity index (χ3v) is 4.30. The van der Waals surface area contributed by atoms with Gasteiger partial charge in [0.25, 0.3) is 0 Å². The van der Waals surface area contributed by atoms with E-state index in [9.17, 15) is 4.79 Å². The number of hydrogen-bond donors (Lipinski definition) is 1. The van der Waals surface area contributed by atoms with Crippen molar-refractivity contribution in [2.24, 2.45) is 0 Å². The molecular formula is C14H20ClN5O. The van der Waals surface area contributed by atoms with Crippen molar-refractivity contribution in [2.75, 3.05) is 36.4 Å². The van der Waals surface area contributed by atoms with Gasteiger partial charge in [0.05, 0.1) is 0 Å². The fraction of sp³-hybridized carbons (Fsp3) is 0.643. The first-order chi connectivity index (χ1) is 10.2. The number of rotatable bonds is 4. The van der Waals surface area contributed by atoms with Crippen LogP contribution >= 0.6 is 11.6 Å². The summed E-state index contributed by atoms with van der Waals surface area (Å²) in [6.07, 6.45) is 5.15. The molecule has 0 saturated carbocycles. The predicted molar refractivity (Wildman–Crippen MR) is 82.8 cm³/mol. The molecule has 2 saturated heterocycles. The van der Waals surface area contributed by atoms with Crippen LogP contribution in [0.15, 0.2) is 6.07 Å². The third-order valence-electron chi connectivity index (χ3n) is 4.10. The average Bonchev–Trinajstić information content (AvgIpc) is 3.02. The highest BCUT2D eigenvalue weighted by atomic mass is 35.5. The summed E-state index contributed by atoms with van der Waals surface area (Å²) in [6, 6.07) is 2.10. The second-order valence-electron chi connectivity index (χ2n) is 5.63. The summed E-state index contributed by atoms with van der Waals surface area (Å²) in [5.41, 5.74) is 0. The topological polar surface area (TPSA) is 61.4 Å². The fourth-order valence-corrected chi connectivity index (χ4v) is 3.08. The van der Waals surface area contributed by atoms with Crippen LogP contribution < -0.4 is 10.2 Å². The standard InChI is InChI=1S/C14H20ClN5O/c15-12-9-13(16-11-3-7-19(10-21)8-4-11)18-14(17-12)20-5-1-2-6-20/h9-11H,1-8H2,(H,16,17,18). The normalized spacial score (nSPS) is 19.9. The fourth-order valence-electron chi connectivity index (χ4n) is 2.90. The highest BCUT2D eigenvalue weighted by Gasteiger charge is 2.20. The minimum Gasteiger partial charge on any atom is -0.367 e. The Morgan fingerprint density at radius 2 is 1.90 bits per heavy atom. The van der Waals surface area contributed by atoms with Crippen molar-refractivity contribution in [3.8, 4) is 0 Å². The van der Waals surface area contributed by atoms with Gasteiger partial charge < -0.3 is 15.1 Å². The summed E-state index contributed by atoms with van der Waals surface area (Å²) in [7, 11) is 0. The number of amides is 1. The van der Waals surface area contributed by atoms with E-state index in [1.54, 1.807) is 11.0 Å². The molecule has 1 aromatic rings. The molecule has 2 aliphatic heterocycles. The van der Waals surface area contributed by atoms with E-state index in [0.717, 1.165) is 51.2 Å². The van der Waals surface area contributed by atoms with E-state index in [2.05, 4.69) is 20.2 Å². The molecule has 0 aliphatic carbocycles. The van der Waals surface area contributed by atoms with E-state index in [1.165, 1.54) is 12.8 Å². The molecule has 0 unspecified atom stereocenters. The Balaban J connectivity index is 1.66. The lowest BCUT2D eigenvalue weighted by atomic mass is 10.1. The molecule has 2 aliphatic rings. The highest BCUT2D eigenvalue weighted by molar-refractivity contribution is 6.29. The van der Waals surface area contributed by atoms with E-state index in [4.69, 9.17) is 11.6 Å². The van der Waals surface area contributed by atoms with Gasteiger partial charge in [-0.3, -0.25) is 4.79 Å². The van der Waals surface area contributed by atoms with Gasteiger partial charge in [-0.15, -0.1) is 0 Å². The second-order valence-corrected chi connectivity index (χ2v) is 6.02. The number of nitrogens with one attached hydrogen (secondary N) is 1. The molecule has 1 aromatic heterocycles. The lowest BCUT2D eigenvalue weighted by molar-refractivity contribution is -0.118. The van der Waals surface area contributed by atoms with E-state index in [1.807, 2.05) is 0 Å². The Kier molecular flexibility index (Phi) is 4.43. The molecular weight excluding hydrogens is 290 g/mol. The van der Waals surface area contributed by atoms with E-state index < -0.39 is 0 Å². The summed E-state index contributed by atoms with van der Waals surface area (Å²) in [4.78, 5) is 23.6. The lowest BCUT2D eigenvalue weighted by Gasteiger charge is -2.30. The SMILES string of the molecule is O=CN1CCC(Nc2cc(Cl)nc(N3CCCC3)n2)CC1. The molecule has 0 atom stereocenters. The number of carbonyl (C=O) groups is 1. The van der Waals surface area contributed by atoms with Crippen molar-refractivity contribution in [1.82, 2.24) is 14.9 Å². The van der Waals surface area contributed by atoms with Crippen LogP contribution in [-0.2, 0) is 4.79 Å². The summed E-state index contributed by atoms with van der Waals surface area (Å²) < 4.78 is 0. The van der Waals surface area contributed by atoms with Gasteiger partial charge in [0, 0.05) is 38.3 Å². The Morgan fingerprint density at radius 1 is 1.19 bits per heavy atom. The maximum absolute atomic E-state index is 10.7. The zero-order valence-corrected chi connectivity index (χ0v) is 12.7. The van der Waals surface area contributed by atoms with Crippen molar-refractivity contribution in [3.05, 3.63) is 11.2 Å². The quantitative estimate of drug-likeness (QED) is 0.678. The van der Waals surface area contributed by atoms with Gasteiger partial charge in [0.2, 0.25) is 12.4 Å². The first-order valence-electron chi connectivity index (χ1n) is 7.50. The summed E-state index contributed by atoms with van der Waals surface area (Å²) in [5, 5.41) is 3.90. The Morgan fingerprint density at radius 3 is 2.57 bits per heavy atom. The number of piperidine rings is 1. The van der Waals surface area contributed by atoms with Gasteiger partial charge >= 0.3 is 0 Å². The molecule has 21 heavy (non-hydrogen) atoms. The van der Waals surface area contributed by atoms with E-state index in [-0.39, 0.29) is 0 Å². The van der Waals surface area contributed by atoms with Crippen molar-refractivity contribution in [1.29, 1.82) is 0 Å². The molecule has 0 spiro atoms. The second kappa shape index (κ2) is 6.47. The van der Waals surface area contributed by atoms with Gasteiger partial charge in [-0.2, -0.15) is 4.98 Å². The first kappa shape index (κ1) is 14.4. The minimum atomic E-state index is 0.332. The van der Waals surface area contributed by atoms with Gasteiger partial charge in [-0.25, -0.2) is 4.98 Å². The number of hydrogen-bond acceptors (Lipinski definition) is 5. The van der Waals surface area contributed by atoms with Crippen LogP contribution in [0.4, 0.5) is 11.8 Å². The molecule has 7 heteroatoms. The average molecular weight is 310 g/mol. The number of likely N-dealkylation sites (tertiary alicyclic amines) is 1. The van der Waals surface area contributed by atoms with Gasteiger partial charge in [-0.1, -0.05) is 11.6 Å².